The molecule has 3 aromatic carbocycles. The molecule has 200 valence electrons. The summed E-state index contributed by atoms with van der Waals surface area (Å²) in [6.07, 6.45) is -5.16. The minimum absolute atomic E-state index is 0.00220. The number of rotatable bonds is 8. The van der Waals surface area contributed by atoms with Crippen molar-refractivity contribution >= 4 is 33.2 Å². The Labute approximate surface area is 218 Å². The van der Waals surface area contributed by atoms with E-state index in [0.29, 0.717) is 22.5 Å². The van der Waals surface area contributed by atoms with Crippen molar-refractivity contribution in [2.24, 2.45) is 0 Å². The molecule has 3 aromatic rings. The molecule has 1 fully saturated rings. The molecule has 1 saturated heterocycles. The number of carbonyl (C=O) groups excluding carboxylic acids is 2. The van der Waals surface area contributed by atoms with Crippen molar-refractivity contribution in [2.75, 3.05) is 22.5 Å². The first-order valence-electron chi connectivity index (χ1n) is 11.8. The number of amides is 2. The van der Waals surface area contributed by atoms with Crippen molar-refractivity contribution in [1.82, 2.24) is 0 Å². The van der Waals surface area contributed by atoms with E-state index in [2.05, 4.69) is 5.32 Å². The van der Waals surface area contributed by atoms with E-state index in [1.165, 1.54) is 29.2 Å². The van der Waals surface area contributed by atoms with Gasteiger partial charge in [-0.05, 0) is 59.7 Å². The average Bonchev–Trinajstić information content (AvgIpc) is 3.24. The molecule has 0 saturated carbocycles. The Hall–Kier alpha value is -3.86. The number of hydrogen-bond donors (Lipinski definition) is 1. The van der Waals surface area contributed by atoms with Crippen LogP contribution in [0.2, 0.25) is 0 Å². The summed E-state index contributed by atoms with van der Waals surface area (Å²) in [7, 11) is -3.31. The average molecular weight is 547 g/mol. The number of nitrogens with one attached hydrogen (secondary N) is 1. The van der Waals surface area contributed by atoms with Gasteiger partial charge in [0, 0.05) is 17.8 Å². The molecule has 0 spiro atoms. The van der Waals surface area contributed by atoms with E-state index in [9.17, 15) is 31.2 Å². The van der Waals surface area contributed by atoms with Gasteiger partial charge in [-0.3, -0.25) is 9.69 Å². The predicted molar refractivity (Wildman–Crippen MR) is 136 cm³/mol. The number of benzene rings is 3. The number of alkyl halides is 3. The molecular formula is C27H25F3N2O5S. The van der Waals surface area contributed by atoms with E-state index in [4.69, 9.17) is 4.74 Å². The number of sulfone groups is 1. The fourth-order valence-electron chi connectivity index (χ4n) is 4.03. The molecule has 2 amide bonds. The molecule has 0 radical (unpaired) electrons. The molecular weight excluding hydrogens is 521 g/mol. The van der Waals surface area contributed by atoms with Gasteiger partial charge in [-0.25, -0.2) is 13.2 Å². The SMILES string of the molecule is CCS(=O)(=O)c1ccc(CC(=O)Nc2ccc(N3CC(Cc4ccc(C(F)(F)F)cc4)OC3=O)cc2)cc1. The van der Waals surface area contributed by atoms with Crippen LogP contribution in [0.15, 0.2) is 77.7 Å². The van der Waals surface area contributed by atoms with Crippen molar-refractivity contribution in [3.8, 4) is 0 Å². The fourth-order valence-corrected chi connectivity index (χ4v) is 4.91. The van der Waals surface area contributed by atoms with E-state index < -0.39 is 33.8 Å². The molecule has 0 aromatic heterocycles. The number of cyclic esters (lactones) is 1. The Balaban J connectivity index is 1.32. The highest BCUT2D eigenvalue weighted by molar-refractivity contribution is 7.91. The predicted octanol–water partition coefficient (Wildman–Crippen LogP) is 5.25. The van der Waals surface area contributed by atoms with Crippen molar-refractivity contribution in [3.63, 3.8) is 0 Å². The van der Waals surface area contributed by atoms with Gasteiger partial charge in [0.1, 0.15) is 6.10 Å². The summed E-state index contributed by atoms with van der Waals surface area (Å²) < 4.78 is 67.5. The highest BCUT2D eigenvalue weighted by Gasteiger charge is 2.33. The number of carbonyl (C=O) groups is 2. The maximum absolute atomic E-state index is 12.8. The summed E-state index contributed by atoms with van der Waals surface area (Å²) in [5, 5.41) is 2.76. The summed E-state index contributed by atoms with van der Waals surface area (Å²) in [6.45, 7) is 1.80. The van der Waals surface area contributed by atoms with Crippen LogP contribution in [0.25, 0.3) is 0 Å². The zero-order valence-electron chi connectivity index (χ0n) is 20.4. The Bertz CT molecular complexity index is 1410. The number of anilines is 2. The summed E-state index contributed by atoms with van der Waals surface area (Å²) >= 11 is 0. The number of halogens is 3. The standard InChI is InChI=1S/C27H25F3N2O5S/c1-2-38(35,36)24-13-5-19(6-14-24)16-25(33)31-21-9-11-22(12-10-21)32-17-23(37-26(32)34)15-18-3-7-20(8-4-18)27(28,29)30/h3-14,23H,2,15-17H2,1H3,(H,31,33). The maximum atomic E-state index is 12.8. The van der Waals surface area contributed by atoms with E-state index in [1.54, 1.807) is 43.3 Å². The van der Waals surface area contributed by atoms with Gasteiger partial charge in [0.05, 0.1) is 29.2 Å². The van der Waals surface area contributed by atoms with Crippen molar-refractivity contribution < 1.29 is 35.9 Å². The Morgan fingerprint density at radius 1 is 0.974 bits per heavy atom. The molecule has 0 aliphatic carbocycles. The van der Waals surface area contributed by atoms with Gasteiger partial charge in [-0.1, -0.05) is 31.2 Å². The summed E-state index contributed by atoms with van der Waals surface area (Å²) in [6, 6.07) is 17.5. The van der Waals surface area contributed by atoms with Gasteiger partial charge < -0.3 is 10.1 Å². The van der Waals surface area contributed by atoms with Crippen molar-refractivity contribution in [1.29, 1.82) is 0 Å². The van der Waals surface area contributed by atoms with Crippen LogP contribution >= 0.6 is 0 Å². The first kappa shape index (κ1) is 27.2. The lowest BCUT2D eigenvalue weighted by molar-refractivity contribution is -0.137. The second-order valence-corrected chi connectivity index (χ2v) is 11.1. The number of nitrogens with zero attached hydrogens (tertiary/aromatic N) is 1. The van der Waals surface area contributed by atoms with Gasteiger partial charge in [-0.2, -0.15) is 13.2 Å². The minimum Gasteiger partial charge on any atom is -0.444 e. The summed E-state index contributed by atoms with van der Waals surface area (Å²) in [4.78, 5) is 26.4. The second kappa shape index (κ2) is 10.9. The monoisotopic (exact) mass is 546 g/mol. The molecule has 7 nitrogen and oxygen atoms in total. The minimum atomic E-state index is -4.41. The lowest BCUT2D eigenvalue weighted by Gasteiger charge is -2.14. The number of hydrogen-bond acceptors (Lipinski definition) is 5. The van der Waals surface area contributed by atoms with Crippen LogP contribution in [0.1, 0.15) is 23.6 Å². The third-order valence-corrected chi connectivity index (χ3v) is 7.86. The Morgan fingerprint density at radius 3 is 2.16 bits per heavy atom. The molecule has 1 N–H and O–H groups in total. The van der Waals surface area contributed by atoms with Crippen LogP contribution < -0.4 is 10.2 Å². The molecule has 1 heterocycles. The maximum Gasteiger partial charge on any atom is 0.416 e. The van der Waals surface area contributed by atoms with Crippen molar-refractivity contribution in [3.05, 3.63) is 89.5 Å². The largest absolute Gasteiger partial charge is 0.444 e. The smallest absolute Gasteiger partial charge is 0.416 e. The van der Waals surface area contributed by atoms with Crippen LogP contribution in [-0.4, -0.2) is 38.8 Å². The quantitative estimate of drug-likeness (QED) is 0.417. The third kappa shape index (κ3) is 6.52. The first-order chi connectivity index (χ1) is 17.9. The van der Waals surface area contributed by atoms with Crippen LogP contribution in [0, 0.1) is 0 Å². The van der Waals surface area contributed by atoms with Crippen molar-refractivity contribution in [2.45, 2.75) is 36.9 Å². The Kier molecular flexibility index (Phi) is 7.77. The zero-order valence-corrected chi connectivity index (χ0v) is 21.2. The van der Waals surface area contributed by atoms with Crippen LogP contribution in [0.5, 0.6) is 0 Å². The molecule has 1 aliphatic heterocycles. The highest BCUT2D eigenvalue weighted by atomic mass is 32.2. The van der Waals surface area contributed by atoms with Gasteiger partial charge in [-0.15, -0.1) is 0 Å². The molecule has 0 bridgehead atoms. The topological polar surface area (TPSA) is 92.8 Å². The fraction of sp³-hybridized carbons (Fsp3) is 0.259. The lowest BCUT2D eigenvalue weighted by Crippen LogP contribution is -2.25. The van der Waals surface area contributed by atoms with E-state index in [0.717, 1.165) is 12.1 Å². The molecule has 4 rings (SSSR count). The zero-order chi connectivity index (χ0) is 27.5. The van der Waals surface area contributed by atoms with Gasteiger partial charge in [0.25, 0.3) is 0 Å². The molecule has 1 aliphatic rings. The summed E-state index contributed by atoms with van der Waals surface area (Å²) in [5.41, 5.74) is 1.61. The van der Waals surface area contributed by atoms with Crippen LogP contribution in [-0.2, 0) is 38.4 Å². The van der Waals surface area contributed by atoms with Gasteiger partial charge in [0.2, 0.25) is 5.91 Å². The summed E-state index contributed by atoms with van der Waals surface area (Å²) in [5.74, 6) is -0.293. The molecule has 1 atom stereocenters. The van der Waals surface area contributed by atoms with Crippen LogP contribution in [0.3, 0.4) is 0 Å². The van der Waals surface area contributed by atoms with E-state index >= 15 is 0 Å². The van der Waals surface area contributed by atoms with Gasteiger partial charge in [0.15, 0.2) is 9.84 Å². The molecule has 1 unspecified atom stereocenters. The lowest BCUT2D eigenvalue weighted by atomic mass is 10.1. The second-order valence-electron chi connectivity index (χ2n) is 8.83. The molecule has 11 heteroatoms. The Morgan fingerprint density at radius 2 is 1.58 bits per heavy atom. The molecule has 38 heavy (non-hydrogen) atoms. The van der Waals surface area contributed by atoms with Gasteiger partial charge >= 0.3 is 12.3 Å². The normalized spacial score (nSPS) is 15.8. The van der Waals surface area contributed by atoms with E-state index in [-0.39, 0.29) is 35.9 Å². The highest BCUT2D eigenvalue weighted by Crippen LogP contribution is 2.30. The van der Waals surface area contributed by atoms with E-state index in [1.807, 2.05) is 0 Å². The third-order valence-electron chi connectivity index (χ3n) is 6.11. The number of ether oxygens (including phenoxy) is 1. The first-order valence-corrected chi connectivity index (χ1v) is 13.5. The van der Waals surface area contributed by atoms with Crippen LogP contribution in [0.4, 0.5) is 29.3 Å².